The fourth-order valence-electron chi connectivity index (χ4n) is 3.73. The van der Waals surface area contributed by atoms with E-state index < -0.39 is 5.41 Å². The molecule has 3 aromatic rings. The quantitative estimate of drug-likeness (QED) is 0.375. The molecular formula is C25H26N4O3. The molecule has 1 aliphatic heterocycles. The molecule has 2 heterocycles. The number of carbonyl (C=O) groups excluding carboxylic acids is 2. The lowest BCUT2D eigenvalue weighted by Crippen LogP contribution is -2.42. The number of hydrogen-bond donors (Lipinski definition) is 1. The fraction of sp³-hybridized carbons (Fsp3) is 0.280. The minimum absolute atomic E-state index is 0.0264. The maximum Gasteiger partial charge on any atom is 0.253 e. The molecule has 0 unspecified atom stereocenters. The summed E-state index contributed by atoms with van der Waals surface area (Å²) in [6.07, 6.45) is 0.950. The number of benzene rings is 2. The van der Waals surface area contributed by atoms with Crippen LogP contribution in [0.25, 0.3) is 0 Å². The van der Waals surface area contributed by atoms with Gasteiger partial charge >= 0.3 is 0 Å². The maximum absolute atomic E-state index is 12.9. The van der Waals surface area contributed by atoms with Crippen LogP contribution in [0.15, 0.2) is 70.2 Å². The molecule has 4 rings (SSSR count). The molecule has 0 saturated carbocycles. The number of carbonyl (C=O) groups is 2. The zero-order valence-corrected chi connectivity index (χ0v) is 18.2. The Balaban J connectivity index is 1.55. The smallest absolute Gasteiger partial charge is 0.253 e. The Morgan fingerprint density at radius 2 is 1.72 bits per heavy atom. The van der Waals surface area contributed by atoms with Crippen molar-refractivity contribution in [1.29, 1.82) is 0 Å². The third-order valence-electron chi connectivity index (χ3n) is 5.89. The van der Waals surface area contributed by atoms with Crippen LogP contribution in [0, 0.1) is 0 Å². The summed E-state index contributed by atoms with van der Waals surface area (Å²) in [5, 5.41) is 4.21. The molecule has 7 heteroatoms. The number of aromatic nitrogens is 1. The molecule has 2 N–H and O–H groups in total. The molecule has 32 heavy (non-hydrogen) atoms. The molecular weight excluding hydrogens is 404 g/mol. The Morgan fingerprint density at radius 3 is 2.44 bits per heavy atom. The van der Waals surface area contributed by atoms with Crippen LogP contribution in [-0.4, -0.2) is 40.7 Å². The second-order valence-corrected chi connectivity index (χ2v) is 8.45. The van der Waals surface area contributed by atoms with Crippen molar-refractivity contribution in [2.75, 3.05) is 13.1 Å². The van der Waals surface area contributed by atoms with Crippen LogP contribution in [0.5, 0.6) is 0 Å². The molecule has 0 bridgehead atoms. The van der Waals surface area contributed by atoms with Crippen LogP contribution in [0.4, 0.5) is 5.88 Å². The highest BCUT2D eigenvalue weighted by Gasteiger charge is 2.28. The number of guanidine groups is 1. The normalized spacial score (nSPS) is 15.1. The van der Waals surface area contributed by atoms with E-state index in [1.165, 1.54) is 0 Å². The molecule has 7 nitrogen and oxygen atoms in total. The lowest BCUT2D eigenvalue weighted by Gasteiger charge is -2.26. The van der Waals surface area contributed by atoms with Gasteiger partial charge in [0.05, 0.1) is 5.69 Å². The third-order valence-corrected chi connectivity index (χ3v) is 5.89. The first-order valence-electron chi connectivity index (χ1n) is 10.6. The van der Waals surface area contributed by atoms with E-state index in [1.54, 1.807) is 6.07 Å². The van der Waals surface area contributed by atoms with Crippen molar-refractivity contribution in [2.45, 2.75) is 32.1 Å². The first kappa shape index (κ1) is 21.5. The molecule has 1 aliphatic rings. The molecule has 1 fully saturated rings. The summed E-state index contributed by atoms with van der Waals surface area (Å²) in [6, 6.07) is 18.5. The molecule has 0 spiro atoms. The third kappa shape index (κ3) is 4.46. The lowest BCUT2D eigenvalue weighted by atomic mass is 9.80. The van der Waals surface area contributed by atoms with Crippen molar-refractivity contribution < 1.29 is 14.1 Å². The number of Topliss-reactive ketones (excluding diaryl/α,β-unsaturated/α-hetero) is 1. The van der Waals surface area contributed by atoms with Gasteiger partial charge in [-0.25, -0.2) is 0 Å². The van der Waals surface area contributed by atoms with Gasteiger partial charge in [-0.1, -0.05) is 67.5 Å². The standard InChI is InChI=1S/C25H26N4O3/c1-25(2,19-10-6-9-18(15-19)23(31)17-7-4-3-5-8-17)21-16-22(32-28-21)27-24(26)29-13-11-20(30)12-14-29/h3-10,15-16H,11-14H2,1-2H3,(H2,26,27). The number of ketones is 2. The Hall–Kier alpha value is -3.74. The summed E-state index contributed by atoms with van der Waals surface area (Å²) < 4.78 is 5.42. The minimum atomic E-state index is -0.517. The monoisotopic (exact) mass is 430 g/mol. The van der Waals surface area contributed by atoms with Crippen LogP contribution in [-0.2, 0) is 10.2 Å². The summed E-state index contributed by atoms with van der Waals surface area (Å²) in [6.45, 7) is 5.15. The van der Waals surface area contributed by atoms with Crippen LogP contribution in [0.3, 0.4) is 0 Å². The van der Waals surface area contributed by atoms with Crippen LogP contribution in [0.2, 0.25) is 0 Å². The van der Waals surface area contributed by atoms with Crippen molar-refractivity contribution in [1.82, 2.24) is 10.1 Å². The molecule has 0 radical (unpaired) electrons. The Bertz CT molecular complexity index is 1150. The van der Waals surface area contributed by atoms with E-state index in [0.717, 1.165) is 5.56 Å². The first-order valence-corrected chi connectivity index (χ1v) is 10.6. The molecule has 2 aromatic carbocycles. The van der Waals surface area contributed by atoms with Crippen molar-refractivity contribution >= 4 is 23.4 Å². The van der Waals surface area contributed by atoms with E-state index in [-0.39, 0.29) is 11.6 Å². The van der Waals surface area contributed by atoms with E-state index in [9.17, 15) is 9.59 Å². The zero-order valence-electron chi connectivity index (χ0n) is 18.2. The SMILES string of the molecule is CC(C)(c1cccc(C(=O)c2ccccc2)c1)c1cc(/N=C(/N)N2CCC(=O)CC2)on1. The highest BCUT2D eigenvalue weighted by molar-refractivity contribution is 6.09. The molecule has 1 saturated heterocycles. The van der Waals surface area contributed by atoms with Crippen molar-refractivity contribution in [3.63, 3.8) is 0 Å². The van der Waals surface area contributed by atoms with E-state index in [1.807, 2.05) is 73.3 Å². The molecule has 1 aromatic heterocycles. The van der Waals surface area contributed by atoms with Crippen LogP contribution < -0.4 is 5.73 Å². The van der Waals surface area contributed by atoms with Gasteiger partial charge in [0.25, 0.3) is 5.88 Å². The zero-order chi connectivity index (χ0) is 22.7. The van der Waals surface area contributed by atoms with Crippen molar-refractivity contribution in [3.05, 3.63) is 83.0 Å². The molecule has 0 aliphatic carbocycles. The number of piperidine rings is 1. The number of hydrogen-bond acceptors (Lipinski definition) is 5. The molecule has 0 atom stereocenters. The number of nitrogens with two attached hydrogens (primary N) is 1. The molecule has 164 valence electrons. The number of aliphatic imine (C=N–C) groups is 1. The number of rotatable bonds is 5. The summed E-state index contributed by atoms with van der Waals surface area (Å²) >= 11 is 0. The number of likely N-dealkylation sites (tertiary alicyclic amines) is 1. The Morgan fingerprint density at radius 1 is 1.03 bits per heavy atom. The van der Waals surface area contributed by atoms with Crippen molar-refractivity contribution in [2.24, 2.45) is 10.7 Å². The van der Waals surface area contributed by atoms with Crippen LogP contribution in [0.1, 0.15) is 53.9 Å². The van der Waals surface area contributed by atoms with Crippen LogP contribution >= 0.6 is 0 Å². The van der Waals surface area contributed by atoms with Gasteiger partial charge < -0.3 is 15.2 Å². The van der Waals surface area contributed by atoms with E-state index in [2.05, 4.69) is 10.1 Å². The van der Waals surface area contributed by atoms with Gasteiger partial charge in [0.15, 0.2) is 11.7 Å². The van der Waals surface area contributed by atoms with E-state index >= 15 is 0 Å². The lowest BCUT2D eigenvalue weighted by molar-refractivity contribution is -0.120. The van der Waals surface area contributed by atoms with E-state index in [0.29, 0.717) is 54.6 Å². The van der Waals surface area contributed by atoms with Gasteiger partial charge in [0.1, 0.15) is 5.78 Å². The second-order valence-electron chi connectivity index (χ2n) is 8.45. The first-order chi connectivity index (χ1) is 15.3. The highest BCUT2D eigenvalue weighted by Crippen LogP contribution is 2.33. The topological polar surface area (TPSA) is 102 Å². The average Bonchev–Trinajstić information content (AvgIpc) is 3.29. The summed E-state index contributed by atoms with van der Waals surface area (Å²) in [5.74, 6) is 0.833. The second kappa shape index (κ2) is 8.78. The Labute approximate surface area is 186 Å². The summed E-state index contributed by atoms with van der Waals surface area (Å²) in [7, 11) is 0. The van der Waals surface area contributed by atoms with Gasteiger partial charge in [-0.2, -0.15) is 4.99 Å². The van der Waals surface area contributed by atoms with Gasteiger partial charge in [0.2, 0.25) is 0 Å². The number of nitrogens with zero attached hydrogens (tertiary/aromatic N) is 3. The largest absolute Gasteiger partial charge is 0.369 e. The Kier molecular flexibility index (Phi) is 5.90. The average molecular weight is 431 g/mol. The van der Waals surface area contributed by atoms with Crippen molar-refractivity contribution in [3.8, 4) is 0 Å². The van der Waals surface area contributed by atoms with E-state index in [4.69, 9.17) is 10.3 Å². The summed E-state index contributed by atoms with van der Waals surface area (Å²) in [4.78, 5) is 30.5. The predicted octanol–water partition coefficient (Wildman–Crippen LogP) is 3.84. The predicted molar refractivity (Wildman–Crippen MR) is 122 cm³/mol. The van der Waals surface area contributed by atoms with Gasteiger partial charge in [-0.15, -0.1) is 0 Å². The van der Waals surface area contributed by atoms with Gasteiger partial charge in [0, 0.05) is 48.5 Å². The minimum Gasteiger partial charge on any atom is -0.369 e. The molecule has 0 amide bonds. The maximum atomic E-state index is 12.9. The van der Waals surface area contributed by atoms with Gasteiger partial charge in [-0.3, -0.25) is 9.59 Å². The summed E-state index contributed by atoms with van der Waals surface area (Å²) in [5.41, 5.74) is 8.47. The fourth-order valence-corrected chi connectivity index (χ4v) is 3.73. The highest BCUT2D eigenvalue weighted by atomic mass is 16.5. The van der Waals surface area contributed by atoms with Gasteiger partial charge in [-0.05, 0) is 11.6 Å².